The number of unbranched alkanes of at least 4 members (excludes halogenated alkanes) is 2. The van der Waals surface area contributed by atoms with Crippen molar-refractivity contribution in [2.75, 3.05) is 18.1 Å². The van der Waals surface area contributed by atoms with Gasteiger partial charge in [0.2, 0.25) is 0 Å². The van der Waals surface area contributed by atoms with Crippen LogP contribution >= 0.6 is 11.8 Å². The summed E-state index contributed by atoms with van der Waals surface area (Å²) in [5.41, 5.74) is 0. The highest BCUT2D eigenvalue weighted by Crippen LogP contribution is 2.09. The van der Waals surface area contributed by atoms with Gasteiger partial charge in [-0.15, -0.1) is 0 Å². The van der Waals surface area contributed by atoms with Crippen LogP contribution in [0.25, 0.3) is 0 Å². The molecule has 0 aromatic carbocycles. The molecule has 0 amide bonds. The van der Waals surface area contributed by atoms with Crippen molar-refractivity contribution in [3.8, 4) is 0 Å². The van der Waals surface area contributed by atoms with E-state index in [0.29, 0.717) is 0 Å². The molecule has 0 aromatic heterocycles. The van der Waals surface area contributed by atoms with Crippen molar-refractivity contribution < 1.29 is 9.90 Å². The minimum atomic E-state index is -0.720. The molecular weight excluding hydrogens is 222 g/mol. The molecule has 0 fully saturated rings. The topological polar surface area (TPSA) is 49.3 Å². The zero-order valence-electron chi connectivity index (χ0n) is 10.5. The normalized spacial score (nSPS) is 12.6. The molecule has 0 saturated carbocycles. The third-order valence-electron chi connectivity index (χ3n) is 2.38. The highest BCUT2D eigenvalue weighted by Gasteiger charge is 2.15. The monoisotopic (exact) mass is 247 g/mol. The summed E-state index contributed by atoms with van der Waals surface area (Å²) < 4.78 is 0. The molecule has 0 bridgehead atoms. The van der Waals surface area contributed by atoms with Crippen LogP contribution in [0.5, 0.6) is 0 Å². The minimum Gasteiger partial charge on any atom is -0.480 e. The first kappa shape index (κ1) is 15.8. The largest absolute Gasteiger partial charge is 0.480 e. The predicted molar refractivity (Wildman–Crippen MR) is 71.2 cm³/mol. The van der Waals surface area contributed by atoms with E-state index in [-0.39, 0.29) is 6.04 Å². The van der Waals surface area contributed by atoms with Crippen molar-refractivity contribution in [2.45, 2.75) is 52.0 Å². The van der Waals surface area contributed by atoms with E-state index in [1.54, 1.807) is 0 Å². The van der Waals surface area contributed by atoms with Crippen molar-refractivity contribution >= 4 is 17.7 Å². The molecule has 1 unspecified atom stereocenters. The fourth-order valence-electron chi connectivity index (χ4n) is 1.39. The molecule has 0 rings (SSSR count). The van der Waals surface area contributed by atoms with Gasteiger partial charge in [0.1, 0.15) is 6.04 Å². The van der Waals surface area contributed by atoms with Gasteiger partial charge >= 0.3 is 5.97 Å². The molecular formula is C12H25NO2S. The van der Waals surface area contributed by atoms with Crippen LogP contribution in [0.1, 0.15) is 46.0 Å². The highest BCUT2D eigenvalue weighted by molar-refractivity contribution is 7.99. The number of aliphatic carboxylic acids is 1. The Labute approximate surface area is 103 Å². The second kappa shape index (κ2) is 11.3. The van der Waals surface area contributed by atoms with Gasteiger partial charge < -0.3 is 10.4 Å². The predicted octanol–water partition coefficient (Wildman–Crippen LogP) is 2.75. The van der Waals surface area contributed by atoms with E-state index < -0.39 is 5.97 Å². The van der Waals surface area contributed by atoms with Crippen LogP contribution in [0.4, 0.5) is 0 Å². The van der Waals surface area contributed by atoms with Gasteiger partial charge in [0, 0.05) is 0 Å². The van der Waals surface area contributed by atoms with Gasteiger partial charge in [-0.05, 0) is 37.3 Å². The van der Waals surface area contributed by atoms with Crippen molar-refractivity contribution in [3.05, 3.63) is 0 Å². The van der Waals surface area contributed by atoms with Gasteiger partial charge in [-0.25, -0.2) is 0 Å². The molecule has 0 aliphatic rings. The van der Waals surface area contributed by atoms with E-state index in [2.05, 4.69) is 12.2 Å². The summed E-state index contributed by atoms with van der Waals surface area (Å²) in [4.78, 5) is 10.9. The molecule has 0 heterocycles. The van der Waals surface area contributed by atoms with Gasteiger partial charge in [-0.2, -0.15) is 11.8 Å². The van der Waals surface area contributed by atoms with E-state index in [1.165, 1.54) is 19.3 Å². The average molecular weight is 247 g/mol. The molecule has 3 nitrogen and oxygen atoms in total. The van der Waals surface area contributed by atoms with E-state index in [4.69, 9.17) is 5.11 Å². The molecule has 16 heavy (non-hydrogen) atoms. The number of carboxylic acids is 1. The first-order valence-electron chi connectivity index (χ1n) is 6.26. The van der Waals surface area contributed by atoms with E-state index in [0.717, 1.165) is 30.9 Å². The second-order valence-corrected chi connectivity index (χ2v) is 5.18. The standard InChI is InChI=1S/C12H25NO2S/c1-3-5-6-9-16-10-7-11(12(14)15)13-8-4-2/h11,13H,3-10H2,1-2H3,(H,14,15). The fourth-order valence-corrected chi connectivity index (χ4v) is 2.40. The average Bonchev–Trinajstić information content (AvgIpc) is 2.26. The third-order valence-corrected chi connectivity index (χ3v) is 3.48. The maximum absolute atomic E-state index is 10.9. The molecule has 0 radical (unpaired) electrons. The summed E-state index contributed by atoms with van der Waals surface area (Å²) in [6.45, 7) is 5.03. The molecule has 0 spiro atoms. The van der Waals surface area contributed by atoms with Crippen LogP contribution in [0.15, 0.2) is 0 Å². The fraction of sp³-hybridized carbons (Fsp3) is 0.917. The second-order valence-electron chi connectivity index (χ2n) is 3.95. The Morgan fingerprint density at radius 2 is 2.00 bits per heavy atom. The molecule has 0 saturated heterocycles. The molecule has 0 aromatic rings. The first-order chi connectivity index (χ1) is 7.72. The maximum Gasteiger partial charge on any atom is 0.320 e. The summed E-state index contributed by atoms with van der Waals surface area (Å²) in [6, 6.07) is -0.362. The van der Waals surface area contributed by atoms with Crippen LogP contribution in [0.2, 0.25) is 0 Å². The minimum absolute atomic E-state index is 0.362. The summed E-state index contributed by atoms with van der Waals surface area (Å²) in [5, 5.41) is 12.0. The highest BCUT2D eigenvalue weighted by atomic mass is 32.2. The Bertz CT molecular complexity index is 176. The summed E-state index contributed by atoms with van der Waals surface area (Å²) in [5.74, 6) is 1.38. The third kappa shape index (κ3) is 9.04. The Morgan fingerprint density at radius 1 is 1.25 bits per heavy atom. The van der Waals surface area contributed by atoms with Crippen molar-refractivity contribution in [1.29, 1.82) is 0 Å². The molecule has 1 atom stereocenters. The molecule has 0 aliphatic heterocycles. The zero-order chi connectivity index (χ0) is 12.2. The SMILES string of the molecule is CCCCCSCCC(NCCC)C(=O)O. The van der Waals surface area contributed by atoms with E-state index in [1.807, 2.05) is 18.7 Å². The summed E-state index contributed by atoms with van der Waals surface area (Å²) >= 11 is 1.87. The Balaban J connectivity index is 3.48. The molecule has 4 heteroatoms. The lowest BCUT2D eigenvalue weighted by atomic mass is 10.2. The number of hydrogen-bond acceptors (Lipinski definition) is 3. The molecule has 96 valence electrons. The number of carbonyl (C=O) groups is 1. The quantitative estimate of drug-likeness (QED) is 0.551. The van der Waals surface area contributed by atoms with Gasteiger partial charge in [-0.3, -0.25) is 4.79 Å². The van der Waals surface area contributed by atoms with Crippen molar-refractivity contribution in [2.24, 2.45) is 0 Å². The lowest BCUT2D eigenvalue weighted by Crippen LogP contribution is -2.37. The Hall–Kier alpha value is -0.220. The molecule has 2 N–H and O–H groups in total. The Morgan fingerprint density at radius 3 is 2.56 bits per heavy atom. The van der Waals surface area contributed by atoms with Crippen molar-refractivity contribution in [3.63, 3.8) is 0 Å². The smallest absolute Gasteiger partial charge is 0.320 e. The number of hydrogen-bond donors (Lipinski definition) is 2. The van der Waals surface area contributed by atoms with Crippen LogP contribution in [0, 0.1) is 0 Å². The number of nitrogens with one attached hydrogen (secondary N) is 1. The number of thioether (sulfide) groups is 1. The van der Waals surface area contributed by atoms with E-state index >= 15 is 0 Å². The van der Waals surface area contributed by atoms with Crippen molar-refractivity contribution in [1.82, 2.24) is 5.32 Å². The van der Waals surface area contributed by atoms with Crippen LogP contribution in [-0.4, -0.2) is 35.2 Å². The van der Waals surface area contributed by atoms with Crippen LogP contribution < -0.4 is 5.32 Å². The first-order valence-corrected chi connectivity index (χ1v) is 7.41. The summed E-state index contributed by atoms with van der Waals surface area (Å²) in [7, 11) is 0. The van der Waals surface area contributed by atoms with Crippen LogP contribution in [-0.2, 0) is 4.79 Å². The summed E-state index contributed by atoms with van der Waals surface area (Å²) in [6.07, 6.45) is 5.49. The number of carboxylic acid groups (broad SMARTS) is 1. The zero-order valence-corrected chi connectivity index (χ0v) is 11.3. The van der Waals surface area contributed by atoms with Gasteiger partial charge in [-0.1, -0.05) is 26.7 Å². The lowest BCUT2D eigenvalue weighted by Gasteiger charge is -2.13. The lowest BCUT2D eigenvalue weighted by molar-refractivity contribution is -0.139. The molecule has 0 aliphatic carbocycles. The van der Waals surface area contributed by atoms with Gasteiger partial charge in [0.25, 0.3) is 0 Å². The maximum atomic E-state index is 10.9. The Kier molecular flexibility index (Phi) is 11.1. The van der Waals surface area contributed by atoms with Gasteiger partial charge in [0.05, 0.1) is 0 Å². The van der Waals surface area contributed by atoms with Crippen LogP contribution in [0.3, 0.4) is 0 Å². The number of rotatable bonds is 11. The van der Waals surface area contributed by atoms with E-state index in [9.17, 15) is 4.79 Å². The van der Waals surface area contributed by atoms with Gasteiger partial charge in [0.15, 0.2) is 0 Å².